The lowest BCUT2D eigenvalue weighted by Crippen LogP contribution is -2.38. The zero-order chi connectivity index (χ0) is 15.1. The maximum Gasteiger partial charge on any atom is 0.315 e. The summed E-state index contributed by atoms with van der Waals surface area (Å²) in [6.07, 6.45) is 2.41. The van der Waals surface area contributed by atoms with Crippen LogP contribution in [0.4, 0.5) is 9.18 Å². The Bertz CT molecular complexity index is 572. The standard InChI is InChI=1S/C16H18FN3O/c1-12(13-5-7-14(17)8-6-13)20-16(21)19-11-9-15-4-2-3-10-18-15/h2-8,10,12H,9,11H2,1H3,(H2,19,20,21). The molecule has 0 aliphatic carbocycles. The second-order valence-corrected chi connectivity index (χ2v) is 4.74. The van der Waals surface area contributed by atoms with Gasteiger partial charge in [-0.25, -0.2) is 9.18 Å². The Morgan fingerprint density at radius 1 is 1.24 bits per heavy atom. The number of nitrogens with zero attached hydrogens (tertiary/aromatic N) is 1. The highest BCUT2D eigenvalue weighted by Gasteiger charge is 2.08. The van der Waals surface area contributed by atoms with Crippen LogP contribution in [0.5, 0.6) is 0 Å². The van der Waals surface area contributed by atoms with E-state index >= 15 is 0 Å². The van der Waals surface area contributed by atoms with Crippen LogP contribution < -0.4 is 10.6 Å². The predicted molar refractivity (Wildman–Crippen MR) is 79.3 cm³/mol. The van der Waals surface area contributed by atoms with Gasteiger partial charge in [-0.15, -0.1) is 0 Å². The molecule has 5 heteroatoms. The van der Waals surface area contributed by atoms with Crippen molar-refractivity contribution >= 4 is 6.03 Å². The van der Waals surface area contributed by atoms with E-state index in [1.54, 1.807) is 18.3 Å². The molecule has 21 heavy (non-hydrogen) atoms. The SMILES string of the molecule is CC(NC(=O)NCCc1ccccn1)c1ccc(F)cc1. The summed E-state index contributed by atoms with van der Waals surface area (Å²) in [5.41, 5.74) is 1.79. The van der Waals surface area contributed by atoms with Gasteiger partial charge in [-0.05, 0) is 36.8 Å². The van der Waals surface area contributed by atoms with Crippen molar-refractivity contribution in [1.29, 1.82) is 0 Å². The first-order chi connectivity index (χ1) is 10.1. The van der Waals surface area contributed by atoms with Crippen LogP contribution in [0.15, 0.2) is 48.7 Å². The number of benzene rings is 1. The minimum atomic E-state index is -0.286. The third-order valence-electron chi connectivity index (χ3n) is 3.11. The zero-order valence-electron chi connectivity index (χ0n) is 11.8. The number of halogens is 1. The van der Waals surface area contributed by atoms with E-state index in [1.165, 1.54) is 12.1 Å². The Labute approximate surface area is 123 Å². The zero-order valence-corrected chi connectivity index (χ0v) is 11.8. The van der Waals surface area contributed by atoms with Crippen LogP contribution in [0.3, 0.4) is 0 Å². The van der Waals surface area contributed by atoms with Gasteiger partial charge in [0.15, 0.2) is 0 Å². The van der Waals surface area contributed by atoms with Crippen LogP contribution in [0.25, 0.3) is 0 Å². The number of carbonyl (C=O) groups is 1. The molecule has 0 aliphatic rings. The summed E-state index contributed by atoms with van der Waals surface area (Å²) in [5.74, 6) is -0.286. The molecule has 2 N–H and O–H groups in total. The maximum absolute atomic E-state index is 12.8. The summed E-state index contributed by atoms with van der Waals surface area (Å²) in [6, 6.07) is 11.3. The van der Waals surface area contributed by atoms with E-state index in [4.69, 9.17) is 0 Å². The molecule has 1 aromatic carbocycles. The third-order valence-corrected chi connectivity index (χ3v) is 3.11. The molecule has 1 atom stereocenters. The summed E-state index contributed by atoms with van der Waals surface area (Å²) >= 11 is 0. The predicted octanol–water partition coefficient (Wildman–Crippen LogP) is 2.82. The minimum Gasteiger partial charge on any atom is -0.338 e. The molecule has 2 amide bonds. The van der Waals surface area contributed by atoms with Crippen molar-refractivity contribution in [1.82, 2.24) is 15.6 Å². The highest BCUT2D eigenvalue weighted by molar-refractivity contribution is 5.74. The van der Waals surface area contributed by atoms with E-state index < -0.39 is 0 Å². The van der Waals surface area contributed by atoms with Gasteiger partial charge in [-0.2, -0.15) is 0 Å². The molecular weight excluding hydrogens is 269 g/mol. The van der Waals surface area contributed by atoms with Crippen LogP contribution >= 0.6 is 0 Å². The smallest absolute Gasteiger partial charge is 0.315 e. The van der Waals surface area contributed by atoms with Gasteiger partial charge in [0.1, 0.15) is 5.82 Å². The summed E-state index contributed by atoms with van der Waals surface area (Å²) < 4.78 is 12.8. The van der Waals surface area contributed by atoms with Crippen molar-refractivity contribution in [2.24, 2.45) is 0 Å². The average molecular weight is 287 g/mol. The number of amides is 2. The number of rotatable bonds is 5. The van der Waals surface area contributed by atoms with Gasteiger partial charge < -0.3 is 10.6 Å². The second-order valence-electron chi connectivity index (χ2n) is 4.74. The van der Waals surface area contributed by atoms with E-state index in [9.17, 15) is 9.18 Å². The lowest BCUT2D eigenvalue weighted by Gasteiger charge is -2.15. The second kappa shape index (κ2) is 7.38. The molecule has 1 heterocycles. The third kappa shape index (κ3) is 4.87. The number of pyridine rings is 1. The van der Waals surface area contributed by atoms with Crippen molar-refractivity contribution in [3.8, 4) is 0 Å². The molecule has 2 rings (SSSR count). The molecule has 1 aromatic heterocycles. The molecule has 0 bridgehead atoms. The largest absolute Gasteiger partial charge is 0.338 e. The van der Waals surface area contributed by atoms with Crippen molar-refractivity contribution in [2.45, 2.75) is 19.4 Å². The molecule has 1 unspecified atom stereocenters. The van der Waals surface area contributed by atoms with Crippen molar-refractivity contribution in [3.05, 3.63) is 65.7 Å². The maximum atomic E-state index is 12.8. The van der Waals surface area contributed by atoms with Gasteiger partial charge in [-0.3, -0.25) is 4.98 Å². The van der Waals surface area contributed by atoms with Gasteiger partial charge in [-0.1, -0.05) is 18.2 Å². The van der Waals surface area contributed by atoms with Gasteiger partial charge in [0.2, 0.25) is 0 Å². The molecule has 0 saturated heterocycles. The summed E-state index contributed by atoms with van der Waals surface area (Å²) in [5, 5.41) is 5.59. The lowest BCUT2D eigenvalue weighted by molar-refractivity contribution is 0.238. The number of hydrogen-bond donors (Lipinski definition) is 2. The Kier molecular flexibility index (Phi) is 5.26. The highest BCUT2D eigenvalue weighted by atomic mass is 19.1. The van der Waals surface area contributed by atoms with Crippen LogP contribution in [-0.2, 0) is 6.42 Å². The molecule has 0 spiro atoms. The fourth-order valence-corrected chi connectivity index (χ4v) is 1.93. The topological polar surface area (TPSA) is 54.0 Å². The summed E-state index contributed by atoms with van der Waals surface area (Å²) in [6.45, 7) is 2.37. The van der Waals surface area contributed by atoms with Crippen LogP contribution in [0, 0.1) is 5.82 Å². The van der Waals surface area contributed by atoms with E-state index in [-0.39, 0.29) is 17.9 Å². The molecule has 4 nitrogen and oxygen atoms in total. The van der Waals surface area contributed by atoms with Crippen molar-refractivity contribution < 1.29 is 9.18 Å². The molecule has 0 fully saturated rings. The van der Waals surface area contributed by atoms with Gasteiger partial charge in [0, 0.05) is 24.9 Å². The lowest BCUT2D eigenvalue weighted by atomic mass is 10.1. The van der Waals surface area contributed by atoms with Crippen LogP contribution in [0.2, 0.25) is 0 Å². The van der Waals surface area contributed by atoms with E-state index in [0.29, 0.717) is 13.0 Å². The number of nitrogens with one attached hydrogen (secondary N) is 2. The van der Waals surface area contributed by atoms with E-state index in [2.05, 4.69) is 15.6 Å². The fraction of sp³-hybridized carbons (Fsp3) is 0.250. The van der Waals surface area contributed by atoms with E-state index in [0.717, 1.165) is 11.3 Å². The first-order valence-corrected chi connectivity index (χ1v) is 6.85. The molecule has 0 saturated carbocycles. The fourth-order valence-electron chi connectivity index (χ4n) is 1.93. The Balaban J connectivity index is 1.75. The number of hydrogen-bond acceptors (Lipinski definition) is 2. The Morgan fingerprint density at radius 2 is 2.00 bits per heavy atom. The minimum absolute atomic E-state index is 0.180. The van der Waals surface area contributed by atoms with Gasteiger partial charge in [0.05, 0.1) is 6.04 Å². The van der Waals surface area contributed by atoms with Crippen molar-refractivity contribution in [3.63, 3.8) is 0 Å². The molecule has 110 valence electrons. The van der Waals surface area contributed by atoms with Crippen molar-refractivity contribution in [2.75, 3.05) is 6.54 Å². The van der Waals surface area contributed by atoms with Crippen LogP contribution in [-0.4, -0.2) is 17.6 Å². The Hall–Kier alpha value is -2.43. The normalized spacial score (nSPS) is 11.7. The Morgan fingerprint density at radius 3 is 2.67 bits per heavy atom. The molecule has 2 aromatic rings. The van der Waals surface area contributed by atoms with E-state index in [1.807, 2.05) is 25.1 Å². The summed E-state index contributed by atoms with van der Waals surface area (Å²) in [4.78, 5) is 16.0. The summed E-state index contributed by atoms with van der Waals surface area (Å²) in [7, 11) is 0. The number of carbonyl (C=O) groups excluding carboxylic acids is 1. The van der Waals surface area contributed by atoms with Gasteiger partial charge >= 0.3 is 6.03 Å². The molecule has 0 radical (unpaired) electrons. The number of urea groups is 1. The first kappa shape index (κ1) is 15.0. The quantitative estimate of drug-likeness (QED) is 0.888. The number of aromatic nitrogens is 1. The monoisotopic (exact) mass is 287 g/mol. The molecular formula is C16H18FN3O. The van der Waals surface area contributed by atoms with Gasteiger partial charge in [0.25, 0.3) is 0 Å². The first-order valence-electron chi connectivity index (χ1n) is 6.85. The highest BCUT2D eigenvalue weighted by Crippen LogP contribution is 2.12. The van der Waals surface area contributed by atoms with Crippen LogP contribution in [0.1, 0.15) is 24.2 Å². The molecule has 0 aliphatic heterocycles. The average Bonchev–Trinajstić information content (AvgIpc) is 2.49.